The number of Topliss-reactive ketones (excluding diaryl/α,β-unsaturated/α-hetero) is 1. The Morgan fingerprint density at radius 1 is 1.15 bits per heavy atom. The van der Waals surface area contributed by atoms with E-state index in [1.165, 1.54) is 18.2 Å². The lowest BCUT2D eigenvalue weighted by molar-refractivity contribution is 0.0420. The number of piperidine rings is 1. The Labute approximate surface area is 236 Å². The highest BCUT2D eigenvalue weighted by molar-refractivity contribution is 6.15. The molecule has 5 rings (SSSR count). The summed E-state index contributed by atoms with van der Waals surface area (Å²) >= 11 is 0. The van der Waals surface area contributed by atoms with Crippen LogP contribution in [0.3, 0.4) is 0 Å². The summed E-state index contributed by atoms with van der Waals surface area (Å²) in [4.78, 5) is 16.4. The molecule has 6 nitrogen and oxygen atoms in total. The SMILES string of the molecule is Cc1c(F)cccc1C1=C(C(=O)c2cccc(O)c2)CC([C@@H]2CCN(CC(C)(C)O)C2)C(C2CCCNC2)=C1O. The number of allylic oxidation sites excluding steroid dienone is 2. The van der Waals surface area contributed by atoms with E-state index in [1.807, 2.05) is 13.8 Å². The summed E-state index contributed by atoms with van der Waals surface area (Å²) < 4.78 is 14.8. The van der Waals surface area contributed by atoms with Crippen molar-refractivity contribution in [3.05, 3.63) is 81.9 Å². The number of likely N-dealkylation sites (tertiary alicyclic amines) is 1. The molecule has 0 bridgehead atoms. The van der Waals surface area contributed by atoms with Gasteiger partial charge in [-0.3, -0.25) is 4.79 Å². The van der Waals surface area contributed by atoms with Crippen LogP contribution in [-0.2, 0) is 0 Å². The number of benzene rings is 2. The van der Waals surface area contributed by atoms with Crippen LogP contribution >= 0.6 is 0 Å². The second-order valence-corrected chi connectivity index (χ2v) is 12.4. The van der Waals surface area contributed by atoms with E-state index in [0.29, 0.717) is 40.8 Å². The molecule has 2 saturated heterocycles. The van der Waals surface area contributed by atoms with Crippen LogP contribution in [0.25, 0.3) is 5.57 Å². The number of hydrogen-bond acceptors (Lipinski definition) is 6. The zero-order valence-corrected chi connectivity index (χ0v) is 23.7. The number of nitrogens with zero attached hydrogens (tertiary/aromatic N) is 1. The number of phenols is 1. The number of ketones is 1. The molecule has 2 aliphatic heterocycles. The van der Waals surface area contributed by atoms with Crippen LogP contribution in [0.1, 0.15) is 61.0 Å². The van der Waals surface area contributed by atoms with E-state index in [9.17, 15) is 24.5 Å². The Bertz CT molecular complexity index is 1340. The fourth-order valence-electron chi connectivity index (χ4n) is 7.01. The molecule has 0 saturated carbocycles. The van der Waals surface area contributed by atoms with Gasteiger partial charge in [0.1, 0.15) is 17.3 Å². The number of rotatable bonds is 7. The third-order valence-electron chi connectivity index (χ3n) is 8.78. The van der Waals surface area contributed by atoms with E-state index in [4.69, 9.17) is 0 Å². The van der Waals surface area contributed by atoms with Crippen molar-refractivity contribution in [3.63, 3.8) is 0 Å². The first-order chi connectivity index (χ1) is 19.0. The number of aliphatic hydroxyl groups is 2. The maximum Gasteiger partial charge on any atom is 0.189 e. The number of phenolic OH excluding ortho intramolecular Hbond substituents is 1. The maximum atomic E-state index is 14.8. The lowest BCUT2D eigenvalue weighted by Crippen LogP contribution is -2.39. The highest BCUT2D eigenvalue weighted by Gasteiger charge is 2.43. The Kier molecular flexibility index (Phi) is 8.18. The van der Waals surface area contributed by atoms with Crippen LogP contribution in [0.4, 0.5) is 4.39 Å². The Hall–Kier alpha value is -3.00. The van der Waals surface area contributed by atoms with Gasteiger partial charge in [0.15, 0.2) is 5.78 Å². The minimum absolute atomic E-state index is 0.00548. The van der Waals surface area contributed by atoms with Gasteiger partial charge in [0.05, 0.1) is 5.60 Å². The van der Waals surface area contributed by atoms with Gasteiger partial charge in [-0.1, -0.05) is 24.3 Å². The Balaban J connectivity index is 1.66. The molecule has 7 heteroatoms. The number of carbonyl (C=O) groups excluding carboxylic acids is 1. The molecule has 0 spiro atoms. The molecule has 2 unspecified atom stereocenters. The molecule has 4 N–H and O–H groups in total. The summed E-state index contributed by atoms with van der Waals surface area (Å²) in [5.41, 5.74) is 2.27. The minimum Gasteiger partial charge on any atom is -0.508 e. The second-order valence-electron chi connectivity index (χ2n) is 12.4. The summed E-state index contributed by atoms with van der Waals surface area (Å²) in [6.45, 7) is 9.17. The lowest BCUT2D eigenvalue weighted by Gasteiger charge is -2.39. The van der Waals surface area contributed by atoms with Crippen molar-refractivity contribution in [1.29, 1.82) is 0 Å². The largest absolute Gasteiger partial charge is 0.508 e. The van der Waals surface area contributed by atoms with Crippen LogP contribution < -0.4 is 5.32 Å². The van der Waals surface area contributed by atoms with Gasteiger partial charge in [0, 0.05) is 36.3 Å². The fourth-order valence-corrected chi connectivity index (χ4v) is 7.01. The number of halogens is 1. The van der Waals surface area contributed by atoms with E-state index in [1.54, 1.807) is 31.2 Å². The molecule has 0 radical (unpaired) electrons. The van der Waals surface area contributed by atoms with Crippen LogP contribution in [-0.4, -0.2) is 64.3 Å². The van der Waals surface area contributed by atoms with Crippen LogP contribution in [0.15, 0.2) is 59.4 Å². The topological polar surface area (TPSA) is 93.0 Å². The van der Waals surface area contributed by atoms with Crippen LogP contribution in [0, 0.1) is 30.5 Å². The number of hydrogen-bond donors (Lipinski definition) is 4. The first-order valence-corrected chi connectivity index (χ1v) is 14.4. The average molecular weight is 549 g/mol. The number of β-amino-alcohol motifs (C(OH)–C–C–N with tert-alkyl or cyclic N) is 1. The zero-order chi connectivity index (χ0) is 28.6. The molecule has 2 fully saturated rings. The van der Waals surface area contributed by atoms with E-state index >= 15 is 0 Å². The smallest absolute Gasteiger partial charge is 0.189 e. The van der Waals surface area contributed by atoms with Crippen molar-refractivity contribution in [3.8, 4) is 5.75 Å². The molecule has 0 amide bonds. The molecule has 2 aromatic rings. The van der Waals surface area contributed by atoms with Crippen molar-refractivity contribution < 1.29 is 24.5 Å². The lowest BCUT2D eigenvalue weighted by atomic mass is 9.67. The summed E-state index contributed by atoms with van der Waals surface area (Å²) in [7, 11) is 0. The average Bonchev–Trinajstić information content (AvgIpc) is 3.37. The van der Waals surface area contributed by atoms with Gasteiger partial charge < -0.3 is 25.5 Å². The molecule has 3 aliphatic rings. The number of nitrogens with one attached hydrogen (secondary N) is 1. The predicted molar refractivity (Wildman–Crippen MR) is 155 cm³/mol. The summed E-state index contributed by atoms with van der Waals surface area (Å²) in [5.74, 6) is -0.309. The van der Waals surface area contributed by atoms with Crippen molar-refractivity contribution in [2.24, 2.45) is 17.8 Å². The number of aliphatic hydroxyl groups excluding tert-OH is 1. The van der Waals surface area contributed by atoms with Crippen molar-refractivity contribution in [2.75, 3.05) is 32.7 Å². The maximum absolute atomic E-state index is 14.8. The molecule has 2 aromatic carbocycles. The van der Waals surface area contributed by atoms with Gasteiger partial charge in [-0.15, -0.1) is 0 Å². The standard InChI is InChI=1S/C33H41FN2O4/c1-20-25(10-5-11-28(20)34)30-27(31(38)21-7-4-9-24(37)15-21)16-26(23-12-14-36(18-23)19-33(2,3)40)29(32(30)39)22-8-6-13-35-17-22/h4-5,7,9-11,15,22-23,26,35,37,39-40H,6,8,12-14,16-19H2,1-3H3/t22?,23-,26?/m1/s1. The highest BCUT2D eigenvalue weighted by atomic mass is 19.1. The third kappa shape index (κ3) is 5.87. The van der Waals surface area contributed by atoms with E-state index in [2.05, 4.69) is 10.2 Å². The summed E-state index contributed by atoms with van der Waals surface area (Å²) in [6, 6.07) is 11.1. The van der Waals surface area contributed by atoms with Gasteiger partial charge in [0.2, 0.25) is 0 Å². The first kappa shape index (κ1) is 28.5. The van der Waals surface area contributed by atoms with Crippen LogP contribution in [0.5, 0.6) is 5.75 Å². The molecule has 2 heterocycles. The quantitative estimate of drug-likeness (QED) is 0.346. The molecular weight excluding hydrogens is 507 g/mol. The number of aromatic hydroxyl groups is 1. The zero-order valence-electron chi connectivity index (χ0n) is 23.7. The fraction of sp³-hybridized carbons (Fsp3) is 0.485. The third-order valence-corrected chi connectivity index (χ3v) is 8.78. The Morgan fingerprint density at radius 2 is 1.93 bits per heavy atom. The van der Waals surface area contributed by atoms with E-state index < -0.39 is 5.60 Å². The monoisotopic (exact) mass is 548 g/mol. The van der Waals surface area contributed by atoms with Crippen molar-refractivity contribution in [1.82, 2.24) is 10.2 Å². The first-order valence-electron chi connectivity index (χ1n) is 14.4. The van der Waals surface area contributed by atoms with E-state index in [0.717, 1.165) is 51.0 Å². The molecular formula is C33H41FN2O4. The summed E-state index contributed by atoms with van der Waals surface area (Å²) in [6.07, 6.45) is 3.27. The van der Waals surface area contributed by atoms with Gasteiger partial charge in [-0.25, -0.2) is 4.39 Å². The minimum atomic E-state index is -0.812. The molecule has 3 atom stereocenters. The number of carbonyl (C=O) groups is 1. The van der Waals surface area contributed by atoms with Gasteiger partial charge in [-0.05, 0) is 112 Å². The van der Waals surface area contributed by atoms with Gasteiger partial charge in [-0.2, -0.15) is 0 Å². The van der Waals surface area contributed by atoms with Crippen LogP contribution in [0.2, 0.25) is 0 Å². The molecule has 40 heavy (non-hydrogen) atoms. The molecule has 0 aromatic heterocycles. The van der Waals surface area contributed by atoms with E-state index in [-0.39, 0.29) is 40.9 Å². The summed E-state index contributed by atoms with van der Waals surface area (Å²) in [5, 5.41) is 36.2. The molecule has 214 valence electrons. The van der Waals surface area contributed by atoms with Crippen molar-refractivity contribution in [2.45, 2.75) is 52.1 Å². The highest BCUT2D eigenvalue weighted by Crippen LogP contribution is 2.49. The predicted octanol–water partition coefficient (Wildman–Crippen LogP) is 5.40. The molecule has 1 aliphatic carbocycles. The normalized spacial score (nSPS) is 24.6. The van der Waals surface area contributed by atoms with Gasteiger partial charge >= 0.3 is 0 Å². The Morgan fingerprint density at radius 3 is 2.62 bits per heavy atom. The van der Waals surface area contributed by atoms with Gasteiger partial charge in [0.25, 0.3) is 0 Å². The second kappa shape index (κ2) is 11.5. The van der Waals surface area contributed by atoms with Crippen molar-refractivity contribution >= 4 is 11.4 Å².